The highest BCUT2D eigenvalue weighted by Crippen LogP contribution is 2.67. The molecule has 0 aromatic rings. The van der Waals surface area contributed by atoms with Crippen molar-refractivity contribution >= 4 is 5.78 Å². The van der Waals surface area contributed by atoms with Crippen LogP contribution in [0.2, 0.25) is 0 Å². The average molecular weight is 318 g/mol. The van der Waals surface area contributed by atoms with Crippen LogP contribution < -0.4 is 0 Å². The first kappa shape index (κ1) is 15.8. The fourth-order valence-electron chi connectivity index (χ4n) is 7.34. The normalized spacial score (nSPS) is 52.4. The third kappa shape index (κ3) is 2.05. The van der Waals surface area contributed by atoms with Crippen molar-refractivity contribution in [3.05, 3.63) is 11.6 Å². The predicted octanol–water partition coefficient (Wildman–Crippen LogP) is 5.49. The van der Waals surface area contributed by atoms with Gasteiger partial charge in [0.15, 0.2) is 5.78 Å². The van der Waals surface area contributed by atoms with Gasteiger partial charge < -0.3 is 0 Å². The molecule has 4 rings (SSSR count). The summed E-state index contributed by atoms with van der Waals surface area (Å²) < 4.78 is 15.0. The summed E-state index contributed by atoms with van der Waals surface area (Å²) in [5.41, 5.74) is 1.24. The second kappa shape index (κ2) is 5.17. The minimum absolute atomic E-state index is 0.0537. The molecule has 1 nitrogen and oxygen atoms in total. The van der Waals surface area contributed by atoms with Gasteiger partial charge in [-0.15, -0.1) is 0 Å². The Balaban J connectivity index is 1.71. The maximum Gasteiger partial charge on any atom is 0.155 e. The highest BCUT2D eigenvalue weighted by molar-refractivity contribution is 5.91. The topological polar surface area (TPSA) is 17.1 Å². The Morgan fingerprint density at radius 2 is 1.96 bits per heavy atom. The van der Waals surface area contributed by atoms with Crippen molar-refractivity contribution in [2.75, 3.05) is 0 Å². The van der Waals surface area contributed by atoms with Gasteiger partial charge in [0.1, 0.15) is 6.17 Å². The number of alkyl halides is 1. The summed E-state index contributed by atoms with van der Waals surface area (Å²) in [6.07, 6.45) is 9.45. The fraction of sp³-hybridized carbons (Fsp3) is 0.857. The van der Waals surface area contributed by atoms with Gasteiger partial charge in [0.25, 0.3) is 0 Å². The van der Waals surface area contributed by atoms with Gasteiger partial charge in [-0.25, -0.2) is 4.39 Å². The summed E-state index contributed by atoms with van der Waals surface area (Å²) >= 11 is 0. The lowest BCUT2D eigenvalue weighted by molar-refractivity contribution is -0.118. The van der Waals surface area contributed by atoms with Crippen molar-refractivity contribution in [2.45, 2.75) is 78.3 Å². The highest BCUT2D eigenvalue weighted by Gasteiger charge is 2.60. The van der Waals surface area contributed by atoms with Crippen LogP contribution in [0, 0.1) is 34.5 Å². The molecule has 0 saturated heterocycles. The summed E-state index contributed by atoms with van der Waals surface area (Å²) in [6, 6.07) is 0. The van der Waals surface area contributed by atoms with E-state index in [0.29, 0.717) is 36.0 Å². The minimum atomic E-state index is -0.881. The molecule has 2 heteroatoms. The molecule has 1 unspecified atom stereocenters. The van der Waals surface area contributed by atoms with Crippen LogP contribution in [0.25, 0.3) is 0 Å². The SMILES string of the molecule is CC[C@H]1CC[C@H]2[C@@H]3CC(F)C4=CC(=O)CC[C@]4(C)[C@H]3CC[C@]12C. The van der Waals surface area contributed by atoms with Crippen LogP contribution in [-0.2, 0) is 4.79 Å². The fourth-order valence-corrected chi connectivity index (χ4v) is 7.34. The van der Waals surface area contributed by atoms with Crippen molar-refractivity contribution in [1.29, 1.82) is 0 Å². The molecule has 0 radical (unpaired) electrons. The van der Waals surface area contributed by atoms with E-state index in [1.54, 1.807) is 6.08 Å². The quantitative estimate of drug-likeness (QED) is 0.624. The standard InChI is InChI=1S/C21H31FO/c1-4-13-5-6-16-15-12-19(22)18-11-14(23)7-9-21(18,3)17(15)8-10-20(13,16)2/h11,13,15-17,19H,4-10,12H2,1-3H3/t13-,15-,16-,17-,19?,20+,21+/m0/s1. The molecule has 0 N–H and O–H groups in total. The molecule has 3 fully saturated rings. The van der Waals surface area contributed by atoms with Gasteiger partial charge in [0, 0.05) is 6.42 Å². The van der Waals surface area contributed by atoms with Crippen molar-refractivity contribution in [3.8, 4) is 0 Å². The maximum absolute atomic E-state index is 15.0. The number of carbonyl (C=O) groups excluding carboxylic acids is 1. The number of hydrogen-bond donors (Lipinski definition) is 0. The Labute approximate surface area is 140 Å². The van der Waals surface area contributed by atoms with Crippen LogP contribution in [0.15, 0.2) is 11.6 Å². The second-order valence-electron chi connectivity index (χ2n) is 9.29. The number of halogens is 1. The van der Waals surface area contributed by atoms with Crippen LogP contribution >= 0.6 is 0 Å². The first-order chi connectivity index (χ1) is 10.9. The Bertz CT molecular complexity index is 552. The molecular weight excluding hydrogens is 287 g/mol. The molecule has 0 aliphatic heterocycles. The first-order valence-electron chi connectivity index (χ1n) is 9.79. The molecular formula is C21H31FO. The van der Waals surface area contributed by atoms with Crippen LogP contribution in [0.1, 0.15) is 72.1 Å². The van der Waals surface area contributed by atoms with Gasteiger partial charge in [-0.2, -0.15) is 0 Å². The lowest BCUT2D eigenvalue weighted by Crippen LogP contribution is -2.53. The van der Waals surface area contributed by atoms with E-state index in [1.165, 1.54) is 32.1 Å². The maximum atomic E-state index is 15.0. The Hall–Kier alpha value is -0.660. The van der Waals surface area contributed by atoms with Gasteiger partial charge in [0.2, 0.25) is 0 Å². The molecule has 0 aromatic heterocycles. The molecule has 4 aliphatic carbocycles. The summed E-state index contributed by atoms with van der Waals surface area (Å²) in [4.78, 5) is 11.8. The average Bonchev–Trinajstić information content (AvgIpc) is 2.86. The predicted molar refractivity (Wildman–Crippen MR) is 90.8 cm³/mol. The van der Waals surface area contributed by atoms with Crippen molar-refractivity contribution in [2.24, 2.45) is 34.5 Å². The van der Waals surface area contributed by atoms with E-state index >= 15 is 4.39 Å². The molecule has 4 aliphatic rings. The largest absolute Gasteiger partial charge is 0.295 e. The second-order valence-corrected chi connectivity index (χ2v) is 9.29. The summed E-state index contributed by atoms with van der Waals surface area (Å²) in [5, 5.41) is 0. The van der Waals surface area contributed by atoms with Crippen LogP contribution in [-0.4, -0.2) is 12.0 Å². The van der Waals surface area contributed by atoms with E-state index in [9.17, 15) is 4.79 Å². The van der Waals surface area contributed by atoms with Gasteiger partial charge >= 0.3 is 0 Å². The first-order valence-corrected chi connectivity index (χ1v) is 9.79. The molecule has 3 saturated carbocycles. The number of ketones is 1. The number of hydrogen-bond acceptors (Lipinski definition) is 1. The molecule has 0 heterocycles. The van der Waals surface area contributed by atoms with Crippen LogP contribution in [0.5, 0.6) is 0 Å². The van der Waals surface area contributed by atoms with Gasteiger partial charge in [0.05, 0.1) is 0 Å². The Morgan fingerprint density at radius 1 is 1.17 bits per heavy atom. The zero-order valence-electron chi connectivity index (χ0n) is 14.9. The highest BCUT2D eigenvalue weighted by atomic mass is 19.1. The van der Waals surface area contributed by atoms with Gasteiger partial charge in [-0.3, -0.25) is 4.79 Å². The Morgan fingerprint density at radius 3 is 2.70 bits per heavy atom. The monoisotopic (exact) mass is 318 g/mol. The third-order valence-corrected chi connectivity index (χ3v) is 8.63. The van der Waals surface area contributed by atoms with E-state index < -0.39 is 6.17 Å². The van der Waals surface area contributed by atoms with E-state index in [2.05, 4.69) is 20.8 Å². The van der Waals surface area contributed by atoms with Gasteiger partial charge in [-0.05, 0) is 84.7 Å². The molecule has 0 spiro atoms. The lowest BCUT2D eigenvalue weighted by atomic mass is 9.46. The van der Waals surface area contributed by atoms with Crippen LogP contribution in [0.4, 0.5) is 4.39 Å². The number of allylic oxidation sites excluding steroid dienone is 1. The van der Waals surface area contributed by atoms with E-state index in [0.717, 1.165) is 17.9 Å². The van der Waals surface area contributed by atoms with Crippen LogP contribution in [0.3, 0.4) is 0 Å². The van der Waals surface area contributed by atoms with Crippen molar-refractivity contribution < 1.29 is 9.18 Å². The summed E-state index contributed by atoms with van der Waals surface area (Å²) in [7, 11) is 0. The molecule has 0 aromatic carbocycles. The minimum Gasteiger partial charge on any atom is -0.295 e. The summed E-state index contributed by atoms with van der Waals surface area (Å²) in [6.45, 7) is 7.10. The zero-order chi connectivity index (χ0) is 16.4. The molecule has 128 valence electrons. The van der Waals surface area contributed by atoms with E-state index in [1.807, 2.05) is 0 Å². The Kier molecular flexibility index (Phi) is 3.56. The third-order valence-electron chi connectivity index (χ3n) is 8.63. The number of rotatable bonds is 1. The molecule has 23 heavy (non-hydrogen) atoms. The molecule has 7 atom stereocenters. The molecule has 0 bridgehead atoms. The van der Waals surface area contributed by atoms with Crippen molar-refractivity contribution in [3.63, 3.8) is 0 Å². The zero-order valence-corrected chi connectivity index (χ0v) is 14.9. The lowest BCUT2D eigenvalue weighted by Gasteiger charge is -2.58. The molecule has 0 amide bonds. The smallest absolute Gasteiger partial charge is 0.155 e. The number of fused-ring (bicyclic) bond motifs is 5. The number of carbonyl (C=O) groups is 1. The van der Waals surface area contributed by atoms with E-state index in [4.69, 9.17) is 0 Å². The van der Waals surface area contributed by atoms with Crippen molar-refractivity contribution in [1.82, 2.24) is 0 Å². The summed E-state index contributed by atoms with van der Waals surface area (Å²) in [5.74, 6) is 2.83. The van der Waals surface area contributed by atoms with E-state index in [-0.39, 0.29) is 11.2 Å². The van der Waals surface area contributed by atoms with Gasteiger partial charge in [-0.1, -0.05) is 27.2 Å².